The molecule has 0 aliphatic heterocycles. The van der Waals surface area contributed by atoms with E-state index in [0.717, 1.165) is 5.56 Å². The van der Waals surface area contributed by atoms with Gasteiger partial charge in [0.1, 0.15) is 19.0 Å². The third kappa shape index (κ3) is 3.89. The molecule has 100 valence electrons. The van der Waals surface area contributed by atoms with Crippen LogP contribution in [-0.4, -0.2) is 12.6 Å². The Hall–Kier alpha value is -2.73. The van der Waals surface area contributed by atoms with Crippen molar-refractivity contribution < 1.29 is 14.3 Å². The van der Waals surface area contributed by atoms with Crippen LogP contribution in [0.5, 0.6) is 5.75 Å². The Morgan fingerprint density at radius 1 is 1.05 bits per heavy atom. The molecule has 0 saturated carbocycles. The van der Waals surface area contributed by atoms with Crippen LogP contribution in [0.25, 0.3) is 0 Å². The predicted octanol–water partition coefficient (Wildman–Crippen LogP) is 3.06. The summed E-state index contributed by atoms with van der Waals surface area (Å²) in [6.07, 6.45) is 5.10. The normalized spacial score (nSPS) is 9.55. The molecule has 0 fully saturated rings. The van der Waals surface area contributed by atoms with Gasteiger partial charge in [-0.1, -0.05) is 36.3 Å². The Balaban J connectivity index is 1.91. The molecule has 0 aliphatic rings. The third-order valence-electron chi connectivity index (χ3n) is 2.62. The van der Waals surface area contributed by atoms with Gasteiger partial charge in [0.15, 0.2) is 0 Å². The number of carbonyl (C=O) groups excluding carboxylic acids is 1. The standard InChI is InChI=1S/C17H14O3/c1-2-12-19-16-10-8-15(9-11-16)17(18)20-13-14-6-4-3-5-7-14/h1,3-11H,12-13H2. The average Bonchev–Trinajstić information content (AvgIpc) is 2.52. The van der Waals surface area contributed by atoms with Crippen molar-refractivity contribution in [3.8, 4) is 18.1 Å². The molecule has 0 atom stereocenters. The van der Waals surface area contributed by atoms with E-state index in [0.29, 0.717) is 11.3 Å². The Labute approximate surface area is 118 Å². The summed E-state index contributed by atoms with van der Waals surface area (Å²) in [5.41, 5.74) is 1.43. The number of rotatable bonds is 5. The van der Waals surface area contributed by atoms with Gasteiger partial charge in [-0.2, -0.15) is 0 Å². The highest BCUT2D eigenvalue weighted by Crippen LogP contribution is 2.13. The lowest BCUT2D eigenvalue weighted by molar-refractivity contribution is 0.0472. The first-order valence-electron chi connectivity index (χ1n) is 6.17. The minimum absolute atomic E-state index is 0.206. The Morgan fingerprint density at radius 3 is 2.40 bits per heavy atom. The maximum Gasteiger partial charge on any atom is 0.338 e. The molecular weight excluding hydrogens is 252 g/mol. The van der Waals surface area contributed by atoms with Crippen molar-refractivity contribution in [2.75, 3.05) is 6.61 Å². The molecular formula is C17H14O3. The fourth-order valence-corrected chi connectivity index (χ4v) is 1.62. The monoisotopic (exact) mass is 266 g/mol. The maximum atomic E-state index is 11.8. The van der Waals surface area contributed by atoms with E-state index in [4.69, 9.17) is 15.9 Å². The lowest BCUT2D eigenvalue weighted by atomic mass is 10.2. The minimum Gasteiger partial charge on any atom is -0.481 e. The van der Waals surface area contributed by atoms with Crippen LogP contribution in [0, 0.1) is 12.3 Å². The summed E-state index contributed by atoms with van der Waals surface area (Å²) in [5, 5.41) is 0. The van der Waals surface area contributed by atoms with Crippen molar-refractivity contribution >= 4 is 5.97 Å². The van der Waals surface area contributed by atoms with E-state index in [-0.39, 0.29) is 19.2 Å². The summed E-state index contributed by atoms with van der Waals surface area (Å²) in [7, 11) is 0. The summed E-state index contributed by atoms with van der Waals surface area (Å²) in [6.45, 7) is 0.465. The maximum absolute atomic E-state index is 11.8. The predicted molar refractivity (Wildman–Crippen MR) is 76.3 cm³/mol. The van der Waals surface area contributed by atoms with Crippen LogP contribution in [0.2, 0.25) is 0 Å². The summed E-state index contributed by atoms with van der Waals surface area (Å²) in [4.78, 5) is 11.8. The second-order valence-corrected chi connectivity index (χ2v) is 4.08. The van der Waals surface area contributed by atoms with Crippen molar-refractivity contribution in [3.63, 3.8) is 0 Å². The number of benzene rings is 2. The van der Waals surface area contributed by atoms with Gasteiger partial charge in [0.25, 0.3) is 0 Å². The Kier molecular flexibility index (Phi) is 4.80. The van der Waals surface area contributed by atoms with Gasteiger partial charge >= 0.3 is 5.97 Å². The smallest absolute Gasteiger partial charge is 0.338 e. The summed E-state index contributed by atoms with van der Waals surface area (Å²) < 4.78 is 10.5. The minimum atomic E-state index is -0.364. The lowest BCUT2D eigenvalue weighted by Crippen LogP contribution is -2.05. The molecule has 20 heavy (non-hydrogen) atoms. The van der Waals surface area contributed by atoms with Crippen molar-refractivity contribution in [1.82, 2.24) is 0 Å². The van der Waals surface area contributed by atoms with E-state index in [2.05, 4.69) is 5.92 Å². The highest BCUT2D eigenvalue weighted by molar-refractivity contribution is 5.89. The van der Waals surface area contributed by atoms with Gasteiger partial charge < -0.3 is 9.47 Å². The SMILES string of the molecule is C#CCOc1ccc(C(=O)OCc2ccccc2)cc1. The largest absolute Gasteiger partial charge is 0.481 e. The fraction of sp³-hybridized carbons (Fsp3) is 0.118. The van der Waals surface area contributed by atoms with Gasteiger partial charge in [-0.25, -0.2) is 4.79 Å². The van der Waals surface area contributed by atoms with E-state index in [1.165, 1.54) is 0 Å². The highest BCUT2D eigenvalue weighted by atomic mass is 16.5. The van der Waals surface area contributed by atoms with Crippen LogP contribution >= 0.6 is 0 Å². The molecule has 0 bridgehead atoms. The van der Waals surface area contributed by atoms with E-state index < -0.39 is 0 Å². The number of ether oxygens (including phenoxy) is 2. The van der Waals surface area contributed by atoms with Gasteiger partial charge in [-0.05, 0) is 29.8 Å². The molecule has 0 spiro atoms. The number of terminal acetylenes is 1. The molecule has 3 heteroatoms. The number of carbonyl (C=O) groups is 1. The fourth-order valence-electron chi connectivity index (χ4n) is 1.62. The second kappa shape index (κ2) is 7.01. The molecule has 0 radical (unpaired) electrons. The molecule has 2 rings (SSSR count). The van der Waals surface area contributed by atoms with Crippen LogP contribution in [0.4, 0.5) is 0 Å². The first-order valence-corrected chi connectivity index (χ1v) is 6.17. The van der Waals surface area contributed by atoms with Crippen molar-refractivity contribution in [2.24, 2.45) is 0 Å². The van der Waals surface area contributed by atoms with Crippen molar-refractivity contribution in [1.29, 1.82) is 0 Å². The van der Waals surface area contributed by atoms with Crippen LogP contribution < -0.4 is 4.74 Å². The van der Waals surface area contributed by atoms with Gasteiger partial charge in [-0.15, -0.1) is 6.42 Å². The first-order chi connectivity index (χ1) is 9.79. The molecule has 0 N–H and O–H groups in total. The average molecular weight is 266 g/mol. The summed E-state index contributed by atoms with van der Waals surface area (Å²) >= 11 is 0. The van der Waals surface area contributed by atoms with E-state index >= 15 is 0 Å². The van der Waals surface area contributed by atoms with E-state index in [1.54, 1.807) is 24.3 Å². The molecule has 0 aliphatic carbocycles. The number of hydrogen-bond acceptors (Lipinski definition) is 3. The van der Waals surface area contributed by atoms with E-state index in [9.17, 15) is 4.79 Å². The highest BCUT2D eigenvalue weighted by Gasteiger charge is 2.07. The number of hydrogen-bond donors (Lipinski definition) is 0. The molecule has 0 aromatic heterocycles. The molecule has 0 amide bonds. The first kappa shape index (κ1) is 13.7. The third-order valence-corrected chi connectivity index (χ3v) is 2.62. The zero-order valence-corrected chi connectivity index (χ0v) is 10.9. The van der Waals surface area contributed by atoms with Gasteiger partial charge in [0, 0.05) is 0 Å². The molecule has 0 saturated heterocycles. The zero-order chi connectivity index (χ0) is 14.2. The summed E-state index contributed by atoms with van der Waals surface area (Å²) in [5.74, 6) is 2.64. The zero-order valence-electron chi connectivity index (χ0n) is 10.9. The van der Waals surface area contributed by atoms with Gasteiger partial charge in [0.05, 0.1) is 5.56 Å². The van der Waals surface area contributed by atoms with Crippen LogP contribution in [0.1, 0.15) is 15.9 Å². The molecule has 2 aromatic rings. The molecule has 0 heterocycles. The lowest BCUT2D eigenvalue weighted by Gasteiger charge is -2.06. The van der Waals surface area contributed by atoms with Gasteiger partial charge in [-0.3, -0.25) is 0 Å². The summed E-state index contributed by atoms with van der Waals surface area (Å²) in [6, 6.07) is 16.2. The van der Waals surface area contributed by atoms with Crippen LogP contribution in [0.3, 0.4) is 0 Å². The Bertz CT molecular complexity index is 594. The Morgan fingerprint density at radius 2 is 1.75 bits per heavy atom. The molecule has 2 aromatic carbocycles. The molecule has 0 unspecified atom stereocenters. The van der Waals surface area contributed by atoms with Crippen LogP contribution in [-0.2, 0) is 11.3 Å². The number of esters is 1. The second-order valence-electron chi connectivity index (χ2n) is 4.08. The molecule has 3 nitrogen and oxygen atoms in total. The van der Waals surface area contributed by atoms with Gasteiger partial charge in [0.2, 0.25) is 0 Å². The topological polar surface area (TPSA) is 35.5 Å². The van der Waals surface area contributed by atoms with Crippen LogP contribution in [0.15, 0.2) is 54.6 Å². The van der Waals surface area contributed by atoms with Crippen molar-refractivity contribution in [2.45, 2.75) is 6.61 Å². The van der Waals surface area contributed by atoms with E-state index in [1.807, 2.05) is 30.3 Å². The van der Waals surface area contributed by atoms with Crippen molar-refractivity contribution in [3.05, 3.63) is 65.7 Å². The quantitative estimate of drug-likeness (QED) is 0.616.